The highest BCUT2D eigenvalue weighted by molar-refractivity contribution is 5.37. The summed E-state index contributed by atoms with van der Waals surface area (Å²) >= 11 is 0. The standard InChI is InChI=1S/C13H14N2O/c1-11(2)9-16-13-5-3-12(4-6-13)15-8-7-14-10-15/h3-8,10H,1,9H2,2H3. The molecule has 0 spiro atoms. The molecule has 0 atom stereocenters. The second kappa shape index (κ2) is 4.66. The predicted octanol–water partition coefficient (Wildman–Crippen LogP) is 2.83. The summed E-state index contributed by atoms with van der Waals surface area (Å²) in [5, 5.41) is 0. The van der Waals surface area contributed by atoms with E-state index in [9.17, 15) is 0 Å². The third-order valence-corrected chi connectivity index (χ3v) is 2.12. The lowest BCUT2D eigenvalue weighted by atomic mass is 10.3. The average molecular weight is 214 g/mol. The number of rotatable bonds is 4. The fourth-order valence-electron chi connectivity index (χ4n) is 1.33. The van der Waals surface area contributed by atoms with Crippen molar-refractivity contribution in [3.8, 4) is 11.4 Å². The van der Waals surface area contributed by atoms with E-state index in [1.165, 1.54) is 0 Å². The molecular weight excluding hydrogens is 200 g/mol. The summed E-state index contributed by atoms with van der Waals surface area (Å²) in [6, 6.07) is 7.88. The van der Waals surface area contributed by atoms with Gasteiger partial charge >= 0.3 is 0 Å². The Hall–Kier alpha value is -2.03. The summed E-state index contributed by atoms with van der Waals surface area (Å²) in [4.78, 5) is 4.00. The Morgan fingerprint density at radius 2 is 2.12 bits per heavy atom. The Morgan fingerprint density at radius 1 is 1.38 bits per heavy atom. The maximum Gasteiger partial charge on any atom is 0.119 e. The van der Waals surface area contributed by atoms with Crippen LogP contribution in [0.15, 0.2) is 55.1 Å². The lowest BCUT2D eigenvalue weighted by molar-refractivity contribution is 0.352. The van der Waals surface area contributed by atoms with Gasteiger partial charge in [-0.3, -0.25) is 0 Å². The van der Waals surface area contributed by atoms with E-state index in [0.717, 1.165) is 17.0 Å². The van der Waals surface area contributed by atoms with Crippen molar-refractivity contribution in [3.63, 3.8) is 0 Å². The van der Waals surface area contributed by atoms with Gasteiger partial charge in [0, 0.05) is 18.1 Å². The highest BCUT2D eigenvalue weighted by Crippen LogP contribution is 2.15. The SMILES string of the molecule is C=C(C)COc1ccc(-n2ccnc2)cc1. The van der Waals surface area contributed by atoms with Gasteiger partial charge in [0.15, 0.2) is 0 Å². The number of hydrogen-bond acceptors (Lipinski definition) is 2. The summed E-state index contributed by atoms with van der Waals surface area (Å²) in [5.41, 5.74) is 2.08. The first kappa shape index (κ1) is 10.5. The molecule has 0 saturated heterocycles. The minimum atomic E-state index is 0.560. The summed E-state index contributed by atoms with van der Waals surface area (Å²) in [6.45, 7) is 6.30. The molecule has 0 bridgehead atoms. The van der Waals surface area contributed by atoms with E-state index in [2.05, 4.69) is 11.6 Å². The van der Waals surface area contributed by atoms with E-state index in [0.29, 0.717) is 6.61 Å². The minimum absolute atomic E-state index is 0.560. The molecule has 3 heteroatoms. The van der Waals surface area contributed by atoms with Crippen LogP contribution in [0.5, 0.6) is 5.75 Å². The molecule has 1 aromatic carbocycles. The van der Waals surface area contributed by atoms with Gasteiger partial charge < -0.3 is 9.30 Å². The number of imidazole rings is 1. The maximum atomic E-state index is 5.52. The molecule has 2 rings (SSSR count). The molecule has 0 aliphatic rings. The van der Waals surface area contributed by atoms with Crippen molar-refractivity contribution in [3.05, 3.63) is 55.1 Å². The normalized spacial score (nSPS) is 10.1. The van der Waals surface area contributed by atoms with E-state index < -0.39 is 0 Å². The Kier molecular flexibility index (Phi) is 3.05. The molecule has 1 aromatic heterocycles. The highest BCUT2D eigenvalue weighted by Gasteiger charge is 1.97. The largest absolute Gasteiger partial charge is 0.489 e. The van der Waals surface area contributed by atoms with Gasteiger partial charge in [0.1, 0.15) is 12.4 Å². The third-order valence-electron chi connectivity index (χ3n) is 2.12. The predicted molar refractivity (Wildman–Crippen MR) is 63.9 cm³/mol. The first-order valence-corrected chi connectivity index (χ1v) is 5.11. The lowest BCUT2D eigenvalue weighted by Gasteiger charge is -2.07. The minimum Gasteiger partial charge on any atom is -0.489 e. The second-order valence-electron chi connectivity index (χ2n) is 3.71. The van der Waals surface area contributed by atoms with Crippen LogP contribution in [0.3, 0.4) is 0 Å². The van der Waals surface area contributed by atoms with E-state index in [4.69, 9.17) is 4.74 Å². The molecule has 16 heavy (non-hydrogen) atoms. The van der Waals surface area contributed by atoms with Crippen molar-refractivity contribution in [2.75, 3.05) is 6.61 Å². The zero-order chi connectivity index (χ0) is 11.4. The van der Waals surface area contributed by atoms with E-state index >= 15 is 0 Å². The van der Waals surface area contributed by atoms with Crippen LogP contribution in [0.2, 0.25) is 0 Å². The van der Waals surface area contributed by atoms with Crippen LogP contribution in [0.1, 0.15) is 6.92 Å². The van der Waals surface area contributed by atoms with Gasteiger partial charge in [-0.25, -0.2) is 4.98 Å². The van der Waals surface area contributed by atoms with Crippen LogP contribution in [0.25, 0.3) is 5.69 Å². The van der Waals surface area contributed by atoms with Crippen LogP contribution < -0.4 is 4.74 Å². The number of hydrogen-bond donors (Lipinski definition) is 0. The van der Waals surface area contributed by atoms with Crippen LogP contribution in [-0.4, -0.2) is 16.2 Å². The van der Waals surface area contributed by atoms with Gasteiger partial charge in [0.2, 0.25) is 0 Å². The van der Waals surface area contributed by atoms with Gasteiger partial charge in [0.25, 0.3) is 0 Å². The molecule has 0 N–H and O–H groups in total. The summed E-state index contributed by atoms with van der Waals surface area (Å²) in [6.07, 6.45) is 5.43. The van der Waals surface area contributed by atoms with Crippen molar-refractivity contribution >= 4 is 0 Å². The fourth-order valence-corrected chi connectivity index (χ4v) is 1.33. The summed E-state index contributed by atoms with van der Waals surface area (Å²) in [5.74, 6) is 0.854. The molecule has 0 amide bonds. The van der Waals surface area contributed by atoms with Gasteiger partial charge in [0.05, 0.1) is 6.33 Å². The first-order chi connectivity index (χ1) is 7.75. The van der Waals surface area contributed by atoms with Crippen LogP contribution in [0, 0.1) is 0 Å². The number of nitrogens with zero attached hydrogens (tertiary/aromatic N) is 2. The fraction of sp³-hybridized carbons (Fsp3) is 0.154. The molecule has 3 nitrogen and oxygen atoms in total. The molecule has 82 valence electrons. The maximum absolute atomic E-state index is 5.52. The Morgan fingerprint density at radius 3 is 2.69 bits per heavy atom. The topological polar surface area (TPSA) is 27.1 Å². The second-order valence-corrected chi connectivity index (χ2v) is 3.71. The van der Waals surface area contributed by atoms with E-state index in [-0.39, 0.29) is 0 Å². The van der Waals surface area contributed by atoms with Gasteiger partial charge in [-0.1, -0.05) is 6.58 Å². The monoisotopic (exact) mass is 214 g/mol. The molecule has 0 fully saturated rings. The van der Waals surface area contributed by atoms with E-state index in [1.54, 1.807) is 12.5 Å². The molecule has 0 unspecified atom stereocenters. The number of aromatic nitrogens is 2. The molecule has 0 saturated carbocycles. The number of ether oxygens (including phenoxy) is 1. The molecule has 2 aromatic rings. The summed E-state index contributed by atoms with van der Waals surface area (Å²) in [7, 11) is 0. The third kappa shape index (κ3) is 2.51. The Bertz CT molecular complexity index is 457. The highest BCUT2D eigenvalue weighted by atomic mass is 16.5. The smallest absolute Gasteiger partial charge is 0.119 e. The van der Waals surface area contributed by atoms with Crippen molar-refractivity contribution < 1.29 is 4.74 Å². The molecule has 0 radical (unpaired) electrons. The molecule has 0 aliphatic carbocycles. The summed E-state index contributed by atoms with van der Waals surface area (Å²) < 4.78 is 7.46. The zero-order valence-corrected chi connectivity index (χ0v) is 9.26. The van der Waals surface area contributed by atoms with Crippen molar-refractivity contribution in [1.82, 2.24) is 9.55 Å². The van der Waals surface area contributed by atoms with E-state index in [1.807, 2.05) is 42.0 Å². The van der Waals surface area contributed by atoms with Crippen molar-refractivity contribution in [1.29, 1.82) is 0 Å². The Balaban J connectivity index is 2.08. The molecular formula is C13H14N2O. The van der Waals surface area contributed by atoms with Gasteiger partial charge in [-0.05, 0) is 36.8 Å². The van der Waals surface area contributed by atoms with Crippen molar-refractivity contribution in [2.45, 2.75) is 6.92 Å². The van der Waals surface area contributed by atoms with Crippen molar-refractivity contribution in [2.24, 2.45) is 0 Å². The van der Waals surface area contributed by atoms with Gasteiger partial charge in [-0.15, -0.1) is 0 Å². The van der Waals surface area contributed by atoms with Crippen LogP contribution in [-0.2, 0) is 0 Å². The molecule has 1 heterocycles. The lowest BCUT2D eigenvalue weighted by Crippen LogP contribution is -1.97. The Labute approximate surface area is 95.0 Å². The van der Waals surface area contributed by atoms with Crippen LogP contribution in [0.4, 0.5) is 0 Å². The first-order valence-electron chi connectivity index (χ1n) is 5.11. The molecule has 0 aliphatic heterocycles. The van der Waals surface area contributed by atoms with Gasteiger partial charge in [-0.2, -0.15) is 0 Å². The average Bonchev–Trinajstić information content (AvgIpc) is 2.80. The zero-order valence-electron chi connectivity index (χ0n) is 9.26. The number of benzene rings is 1. The van der Waals surface area contributed by atoms with Crippen LogP contribution >= 0.6 is 0 Å². The quantitative estimate of drug-likeness (QED) is 0.732.